The number of hydrogen-bond donors (Lipinski definition) is 1. The first kappa shape index (κ1) is 9.04. The minimum atomic E-state index is 0.516. The highest BCUT2D eigenvalue weighted by molar-refractivity contribution is 7.80. The maximum absolute atomic E-state index is 5.77. The lowest BCUT2D eigenvalue weighted by atomic mass is 10.3. The molecule has 0 N–H and O–H groups in total. The van der Waals surface area contributed by atoms with Crippen molar-refractivity contribution in [2.75, 3.05) is 7.11 Å². The van der Waals surface area contributed by atoms with Crippen LogP contribution in [-0.2, 0) is 0 Å². The second-order valence-electron chi connectivity index (χ2n) is 1.94. The number of methoxy groups -OCH3 is 1. The number of rotatable bonds is 1. The Kier molecular flexibility index (Phi) is 2.93. The van der Waals surface area contributed by atoms with Gasteiger partial charge in [-0.15, -0.1) is 12.6 Å². The SMILES string of the molecule is COc1cc(Cl)c(S)cc1Cl. The maximum atomic E-state index is 5.77. The Hall–Kier alpha value is -0.0500. The van der Waals surface area contributed by atoms with Crippen LogP contribution >= 0.6 is 35.8 Å². The van der Waals surface area contributed by atoms with Crippen LogP contribution in [0.1, 0.15) is 0 Å². The van der Waals surface area contributed by atoms with Crippen molar-refractivity contribution < 1.29 is 4.74 Å². The van der Waals surface area contributed by atoms with Crippen LogP contribution in [0, 0.1) is 0 Å². The van der Waals surface area contributed by atoms with Crippen molar-refractivity contribution in [1.82, 2.24) is 0 Å². The molecule has 0 radical (unpaired) electrons. The molecular formula is C7H6Cl2OS. The number of hydrogen-bond acceptors (Lipinski definition) is 2. The van der Waals surface area contributed by atoms with Gasteiger partial charge in [-0.25, -0.2) is 0 Å². The first-order valence-corrected chi connectivity index (χ1v) is 4.07. The highest BCUT2D eigenvalue weighted by Gasteiger charge is 2.03. The summed E-state index contributed by atoms with van der Waals surface area (Å²) >= 11 is 15.6. The van der Waals surface area contributed by atoms with Gasteiger partial charge in [-0.1, -0.05) is 23.2 Å². The molecule has 60 valence electrons. The van der Waals surface area contributed by atoms with Crippen molar-refractivity contribution in [1.29, 1.82) is 0 Å². The van der Waals surface area contributed by atoms with E-state index in [0.29, 0.717) is 20.7 Å². The summed E-state index contributed by atoms with van der Waals surface area (Å²) in [6.45, 7) is 0. The third-order valence-corrected chi connectivity index (χ3v) is 2.33. The number of benzene rings is 1. The van der Waals surface area contributed by atoms with Crippen molar-refractivity contribution in [2.45, 2.75) is 4.90 Å². The Labute approximate surface area is 80.7 Å². The van der Waals surface area contributed by atoms with E-state index in [1.54, 1.807) is 12.1 Å². The van der Waals surface area contributed by atoms with E-state index in [-0.39, 0.29) is 0 Å². The van der Waals surface area contributed by atoms with Crippen LogP contribution in [0.25, 0.3) is 0 Å². The summed E-state index contributed by atoms with van der Waals surface area (Å²) in [6, 6.07) is 3.28. The third kappa shape index (κ3) is 1.95. The Bertz CT molecular complexity index is 275. The predicted molar refractivity (Wildman–Crippen MR) is 50.3 cm³/mol. The average Bonchev–Trinajstić information content (AvgIpc) is 1.97. The van der Waals surface area contributed by atoms with E-state index in [4.69, 9.17) is 27.9 Å². The van der Waals surface area contributed by atoms with Crippen molar-refractivity contribution in [3.05, 3.63) is 22.2 Å². The standard InChI is InChI=1S/C7H6Cl2OS/c1-10-6-2-5(9)7(11)3-4(6)8/h2-3,11H,1H3. The van der Waals surface area contributed by atoms with E-state index in [1.165, 1.54) is 7.11 Å². The molecule has 0 fully saturated rings. The molecule has 0 aliphatic rings. The lowest BCUT2D eigenvalue weighted by Gasteiger charge is -2.04. The van der Waals surface area contributed by atoms with Gasteiger partial charge in [-0.2, -0.15) is 0 Å². The van der Waals surface area contributed by atoms with Gasteiger partial charge in [-0.05, 0) is 6.07 Å². The third-order valence-electron chi connectivity index (χ3n) is 1.22. The van der Waals surface area contributed by atoms with Gasteiger partial charge in [0, 0.05) is 11.0 Å². The molecule has 11 heavy (non-hydrogen) atoms. The normalized spacial score (nSPS) is 9.82. The van der Waals surface area contributed by atoms with Crippen LogP contribution in [0.3, 0.4) is 0 Å². The molecule has 1 aromatic rings. The van der Waals surface area contributed by atoms with Crippen molar-refractivity contribution in [3.8, 4) is 5.75 Å². The lowest BCUT2D eigenvalue weighted by molar-refractivity contribution is 0.415. The number of ether oxygens (including phenoxy) is 1. The van der Waals surface area contributed by atoms with Crippen molar-refractivity contribution in [2.24, 2.45) is 0 Å². The topological polar surface area (TPSA) is 9.23 Å². The molecule has 0 aliphatic carbocycles. The highest BCUT2D eigenvalue weighted by atomic mass is 35.5. The van der Waals surface area contributed by atoms with E-state index < -0.39 is 0 Å². The van der Waals surface area contributed by atoms with E-state index >= 15 is 0 Å². The highest BCUT2D eigenvalue weighted by Crippen LogP contribution is 2.32. The second kappa shape index (κ2) is 3.57. The monoisotopic (exact) mass is 208 g/mol. The molecule has 0 atom stereocenters. The Balaban J connectivity index is 3.21. The largest absolute Gasteiger partial charge is 0.495 e. The number of thiol groups is 1. The molecule has 0 amide bonds. The first-order valence-electron chi connectivity index (χ1n) is 2.87. The van der Waals surface area contributed by atoms with Gasteiger partial charge >= 0.3 is 0 Å². The molecule has 0 bridgehead atoms. The summed E-state index contributed by atoms with van der Waals surface area (Å²) in [5.74, 6) is 0.564. The Morgan fingerprint density at radius 3 is 2.45 bits per heavy atom. The van der Waals surface area contributed by atoms with Gasteiger partial charge in [0.15, 0.2) is 0 Å². The van der Waals surface area contributed by atoms with Crippen LogP contribution < -0.4 is 4.74 Å². The molecule has 1 rings (SSSR count). The fraction of sp³-hybridized carbons (Fsp3) is 0.143. The summed E-state index contributed by atoms with van der Waals surface area (Å²) in [4.78, 5) is 0.650. The zero-order valence-corrected chi connectivity index (χ0v) is 8.17. The molecule has 0 spiro atoms. The summed E-state index contributed by atoms with van der Waals surface area (Å²) in [7, 11) is 1.54. The van der Waals surface area contributed by atoms with Gasteiger partial charge in [0.1, 0.15) is 5.75 Å². The smallest absolute Gasteiger partial charge is 0.139 e. The molecule has 0 saturated heterocycles. The van der Waals surface area contributed by atoms with Gasteiger partial charge in [0.05, 0.1) is 17.2 Å². The quantitative estimate of drug-likeness (QED) is 0.698. The van der Waals surface area contributed by atoms with Crippen molar-refractivity contribution in [3.63, 3.8) is 0 Å². The fourth-order valence-corrected chi connectivity index (χ4v) is 1.34. The van der Waals surface area contributed by atoms with E-state index in [1.807, 2.05) is 0 Å². The summed E-state index contributed by atoms with van der Waals surface area (Å²) in [6.07, 6.45) is 0. The van der Waals surface area contributed by atoms with Gasteiger partial charge in [0.25, 0.3) is 0 Å². The molecule has 0 aliphatic heterocycles. The number of halogens is 2. The summed E-state index contributed by atoms with van der Waals surface area (Å²) in [5, 5.41) is 1.05. The van der Waals surface area contributed by atoms with Gasteiger partial charge in [-0.3, -0.25) is 0 Å². The van der Waals surface area contributed by atoms with Crippen LogP contribution in [0.5, 0.6) is 5.75 Å². The molecule has 0 aromatic heterocycles. The van der Waals surface area contributed by atoms with E-state index in [2.05, 4.69) is 12.6 Å². The first-order chi connectivity index (χ1) is 5.15. The summed E-state index contributed by atoms with van der Waals surface area (Å²) in [5.41, 5.74) is 0. The lowest BCUT2D eigenvalue weighted by Crippen LogP contribution is -1.84. The van der Waals surface area contributed by atoms with Crippen molar-refractivity contribution >= 4 is 35.8 Å². The minimum Gasteiger partial charge on any atom is -0.495 e. The molecule has 0 heterocycles. The zero-order chi connectivity index (χ0) is 8.43. The van der Waals surface area contributed by atoms with Crippen LogP contribution in [0.15, 0.2) is 17.0 Å². The predicted octanol–water partition coefficient (Wildman–Crippen LogP) is 3.29. The Morgan fingerprint density at radius 2 is 1.91 bits per heavy atom. The van der Waals surface area contributed by atoms with Crippen LogP contribution in [0.2, 0.25) is 10.0 Å². The van der Waals surface area contributed by atoms with Gasteiger partial charge < -0.3 is 4.74 Å². The van der Waals surface area contributed by atoms with E-state index in [0.717, 1.165) is 0 Å². The molecule has 0 unspecified atom stereocenters. The van der Waals surface area contributed by atoms with E-state index in [9.17, 15) is 0 Å². The molecule has 1 nitrogen and oxygen atoms in total. The van der Waals surface area contributed by atoms with Gasteiger partial charge in [0.2, 0.25) is 0 Å². The zero-order valence-electron chi connectivity index (χ0n) is 5.77. The van der Waals surface area contributed by atoms with Crippen LogP contribution in [0.4, 0.5) is 0 Å². The molecular weight excluding hydrogens is 203 g/mol. The van der Waals surface area contributed by atoms with Crippen LogP contribution in [-0.4, -0.2) is 7.11 Å². The molecule has 0 saturated carbocycles. The molecule has 4 heteroatoms. The molecule has 1 aromatic carbocycles. The maximum Gasteiger partial charge on any atom is 0.139 e. The Morgan fingerprint density at radius 1 is 1.27 bits per heavy atom. The average molecular weight is 209 g/mol. The minimum absolute atomic E-state index is 0.516. The second-order valence-corrected chi connectivity index (χ2v) is 3.23. The fourth-order valence-electron chi connectivity index (χ4n) is 0.675. The summed E-state index contributed by atoms with van der Waals surface area (Å²) < 4.78 is 4.93.